The maximum atomic E-state index is 12.3. The van der Waals surface area contributed by atoms with E-state index in [2.05, 4.69) is 20.5 Å². The Labute approximate surface area is 177 Å². The van der Waals surface area contributed by atoms with E-state index in [1.807, 2.05) is 30.3 Å². The molecule has 0 spiro atoms. The SMILES string of the molecule is CN(C)S(=O)(=O)c1ccc(Cl)c(NC(=O)CSc2n[nH]c(-c3ccccc3)n2)c1. The third-order valence-corrected chi connectivity index (χ3v) is 6.82. The fourth-order valence-corrected chi connectivity index (χ4v) is 4.02. The fourth-order valence-electron chi connectivity index (χ4n) is 2.32. The van der Waals surface area contributed by atoms with Gasteiger partial charge in [0.1, 0.15) is 0 Å². The summed E-state index contributed by atoms with van der Waals surface area (Å²) in [5.41, 5.74) is 1.11. The Morgan fingerprint density at radius 3 is 2.62 bits per heavy atom. The summed E-state index contributed by atoms with van der Waals surface area (Å²) in [4.78, 5) is 16.7. The number of aromatic nitrogens is 3. The van der Waals surface area contributed by atoms with Crippen LogP contribution in [0.15, 0.2) is 58.6 Å². The lowest BCUT2D eigenvalue weighted by molar-refractivity contribution is -0.113. The number of H-pyrrole nitrogens is 1. The van der Waals surface area contributed by atoms with Crippen molar-refractivity contribution in [3.8, 4) is 11.4 Å². The number of hydrogen-bond donors (Lipinski definition) is 2. The number of carbonyl (C=O) groups excluding carboxylic acids is 1. The highest BCUT2D eigenvalue weighted by atomic mass is 35.5. The van der Waals surface area contributed by atoms with Gasteiger partial charge in [-0.3, -0.25) is 9.89 Å². The number of nitrogens with one attached hydrogen (secondary N) is 2. The predicted octanol–water partition coefficient (Wildman–Crippen LogP) is 3.11. The highest BCUT2D eigenvalue weighted by Gasteiger charge is 2.19. The molecule has 152 valence electrons. The molecule has 3 aromatic rings. The molecule has 0 bridgehead atoms. The van der Waals surface area contributed by atoms with Crippen molar-refractivity contribution >= 4 is 45.0 Å². The van der Waals surface area contributed by atoms with Gasteiger partial charge in [-0.2, -0.15) is 0 Å². The van der Waals surface area contributed by atoms with Gasteiger partial charge in [-0.1, -0.05) is 53.7 Å². The molecule has 0 aliphatic carbocycles. The van der Waals surface area contributed by atoms with Crippen molar-refractivity contribution in [2.75, 3.05) is 25.2 Å². The van der Waals surface area contributed by atoms with E-state index < -0.39 is 10.0 Å². The van der Waals surface area contributed by atoms with Crippen molar-refractivity contribution in [3.63, 3.8) is 0 Å². The van der Waals surface area contributed by atoms with Crippen LogP contribution < -0.4 is 5.32 Å². The van der Waals surface area contributed by atoms with E-state index in [9.17, 15) is 13.2 Å². The number of carbonyl (C=O) groups is 1. The monoisotopic (exact) mass is 451 g/mol. The van der Waals surface area contributed by atoms with Gasteiger partial charge < -0.3 is 5.32 Å². The third-order valence-electron chi connectivity index (χ3n) is 3.83. The number of aromatic amines is 1. The standard InChI is InChI=1S/C18H18ClN5O3S2/c1-24(2)29(26,27)13-8-9-14(19)15(10-13)20-16(25)11-28-18-21-17(22-23-18)12-6-4-3-5-7-12/h3-10H,11H2,1-2H3,(H,20,25)(H,21,22,23). The Morgan fingerprint density at radius 1 is 1.21 bits per heavy atom. The minimum atomic E-state index is -3.64. The van der Waals surface area contributed by atoms with Gasteiger partial charge in [0, 0.05) is 19.7 Å². The first-order valence-corrected chi connectivity index (χ1v) is 11.2. The molecule has 11 heteroatoms. The number of thioether (sulfide) groups is 1. The normalized spacial score (nSPS) is 11.6. The maximum absolute atomic E-state index is 12.3. The van der Waals surface area contributed by atoms with E-state index in [0.29, 0.717) is 11.0 Å². The summed E-state index contributed by atoms with van der Waals surface area (Å²) in [5, 5.41) is 10.2. The predicted molar refractivity (Wildman–Crippen MR) is 113 cm³/mol. The lowest BCUT2D eigenvalue weighted by Gasteiger charge is -2.13. The minimum absolute atomic E-state index is 0.0348. The molecule has 0 radical (unpaired) electrons. The molecule has 0 unspecified atom stereocenters. The van der Waals surface area contributed by atoms with Crippen LogP contribution in [0.1, 0.15) is 0 Å². The van der Waals surface area contributed by atoms with E-state index in [0.717, 1.165) is 21.6 Å². The van der Waals surface area contributed by atoms with Crippen LogP contribution in [0.25, 0.3) is 11.4 Å². The zero-order chi connectivity index (χ0) is 21.0. The second-order valence-corrected chi connectivity index (χ2v) is 9.60. The minimum Gasteiger partial charge on any atom is -0.324 e. The van der Waals surface area contributed by atoms with E-state index in [-0.39, 0.29) is 27.3 Å². The number of halogens is 1. The van der Waals surface area contributed by atoms with E-state index >= 15 is 0 Å². The Kier molecular flexibility index (Phi) is 6.58. The molecule has 0 atom stereocenters. The van der Waals surface area contributed by atoms with Crippen molar-refractivity contribution in [1.82, 2.24) is 19.5 Å². The van der Waals surface area contributed by atoms with Gasteiger partial charge in [0.25, 0.3) is 0 Å². The highest BCUT2D eigenvalue weighted by molar-refractivity contribution is 7.99. The van der Waals surface area contributed by atoms with Crippen molar-refractivity contribution in [2.45, 2.75) is 10.1 Å². The number of rotatable bonds is 7. The molecule has 0 saturated carbocycles. The highest BCUT2D eigenvalue weighted by Crippen LogP contribution is 2.27. The molecule has 3 rings (SSSR count). The van der Waals surface area contributed by atoms with Gasteiger partial charge in [0.15, 0.2) is 5.82 Å². The van der Waals surface area contributed by atoms with Crippen LogP contribution >= 0.6 is 23.4 Å². The molecular weight excluding hydrogens is 434 g/mol. The fraction of sp³-hybridized carbons (Fsp3) is 0.167. The Bertz CT molecular complexity index is 1120. The second kappa shape index (κ2) is 8.95. The van der Waals surface area contributed by atoms with Crippen LogP contribution in [0, 0.1) is 0 Å². The van der Waals surface area contributed by atoms with Crippen LogP contribution in [0.2, 0.25) is 5.02 Å². The van der Waals surface area contributed by atoms with Crippen LogP contribution in [-0.4, -0.2) is 53.7 Å². The molecule has 0 saturated heterocycles. The summed E-state index contributed by atoms with van der Waals surface area (Å²) in [6.45, 7) is 0. The van der Waals surface area contributed by atoms with Crippen molar-refractivity contribution in [3.05, 3.63) is 53.6 Å². The number of sulfonamides is 1. The topological polar surface area (TPSA) is 108 Å². The average Bonchev–Trinajstić information content (AvgIpc) is 3.17. The number of benzene rings is 2. The van der Waals surface area contributed by atoms with Crippen LogP contribution in [0.4, 0.5) is 5.69 Å². The summed E-state index contributed by atoms with van der Waals surface area (Å²) >= 11 is 7.25. The molecule has 2 N–H and O–H groups in total. The summed E-state index contributed by atoms with van der Waals surface area (Å²) in [6, 6.07) is 13.7. The number of nitrogens with zero attached hydrogens (tertiary/aromatic N) is 3. The van der Waals surface area contributed by atoms with Gasteiger partial charge in [-0.05, 0) is 18.2 Å². The Morgan fingerprint density at radius 2 is 1.93 bits per heavy atom. The van der Waals surface area contributed by atoms with Gasteiger partial charge in [-0.25, -0.2) is 17.7 Å². The van der Waals surface area contributed by atoms with Crippen LogP contribution in [0.3, 0.4) is 0 Å². The Hall–Kier alpha value is -2.40. The zero-order valence-corrected chi connectivity index (χ0v) is 18.0. The molecule has 29 heavy (non-hydrogen) atoms. The first kappa shape index (κ1) is 21.3. The molecule has 1 amide bonds. The molecule has 1 heterocycles. The second-order valence-electron chi connectivity index (χ2n) is 6.10. The molecule has 2 aromatic carbocycles. The molecule has 1 aromatic heterocycles. The van der Waals surface area contributed by atoms with Gasteiger partial charge in [0.05, 0.1) is 21.4 Å². The summed E-state index contributed by atoms with van der Waals surface area (Å²) < 4.78 is 25.6. The molecule has 0 aliphatic heterocycles. The van der Waals surface area contributed by atoms with E-state index in [1.54, 1.807) is 0 Å². The van der Waals surface area contributed by atoms with Gasteiger partial charge in [-0.15, -0.1) is 5.10 Å². The quantitative estimate of drug-likeness (QED) is 0.534. The largest absolute Gasteiger partial charge is 0.324 e. The summed E-state index contributed by atoms with van der Waals surface area (Å²) in [5.74, 6) is 0.285. The third kappa shape index (κ3) is 5.15. The number of anilines is 1. The zero-order valence-electron chi connectivity index (χ0n) is 15.6. The molecule has 0 aliphatic rings. The van der Waals surface area contributed by atoms with Crippen LogP contribution in [-0.2, 0) is 14.8 Å². The summed E-state index contributed by atoms with van der Waals surface area (Å²) in [6.07, 6.45) is 0. The molecule has 0 fully saturated rings. The lowest BCUT2D eigenvalue weighted by Crippen LogP contribution is -2.22. The lowest BCUT2D eigenvalue weighted by atomic mass is 10.2. The average molecular weight is 452 g/mol. The first-order chi connectivity index (χ1) is 13.8. The molecular formula is C18H18ClN5O3S2. The smallest absolute Gasteiger partial charge is 0.242 e. The number of hydrogen-bond acceptors (Lipinski definition) is 6. The van der Waals surface area contributed by atoms with Crippen LogP contribution in [0.5, 0.6) is 0 Å². The molecule has 8 nitrogen and oxygen atoms in total. The van der Waals surface area contributed by atoms with Gasteiger partial charge >= 0.3 is 0 Å². The Balaban J connectivity index is 1.65. The van der Waals surface area contributed by atoms with E-state index in [1.165, 1.54) is 32.3 Å². The van der Waals surface area contributed by atoms with Gasteiger partial charge in [0.2, 0.25) is 21.1 Å². The van der Waals surface area contributed by atoms with Crippen molar-refractivity contribution in [2.24, 2.45) is 0 Å². The first-order valence-electron chi connectivity index (χ1n) is 8.40. The summed E-state index contributed by atoms with van der Waals surface area (Å²) in [7, 11) is -0.777. The number of amides is 1. The van der Waals surface area contributed by atoms with Crippen molar-refractivity contribution < 1.29 is 13.2 Å². The van der Waals surface area contributed by atoms with E-state index in [4.69, 9.17) is 11.6 Å². The maximum Gasteiger partial charge on any atom is 0.242 e. The van der Waals surface area contributed by atoms with Crippen molar-refractivity contribution in [1.29, 1.82) is 0 Å².